The zero-order valence-corrected chi connectivity index (χ0v) is 20.6. The van der Waals surface area contributed by atoms with Crippen LogP contribution in [0.15, 0.2) is 79.1 Å². The number of nitrogens with zero attached hydrogens (tertiary/aromatic N) is 3. The molecule has 0 saturated heterocycles. The maximum atomic E-state index is 5.85. The molecule has 176 valence electrons. The van der Waals surface area contributed by atoms with Crippen LogP contribution in [0.3, 0.4) is 0 Å². The van der Waals surface area contributed by atoms with Gasteiger partial charge >= 0.3 is 0 Å². The number of aromatic nitrogens is 4. The van der Waals surface area contributed by atoms with Gasteiger partial charge in [0.1, 0.15) is 17.5 Å². The number of rotatable bonds is 5. The summed E-state index contributed by atoms with van der Waals surface area (Å²) >= 11 is 0. The van der Waals surface area contributed by atoms with E-state index in [2.05, 4.69) is 25.6 Å². The molecule has 5 N–H and O–H groups in total. The van der Waals surface area contributed by atoms with Crippen LogP contribution in [0.5, 0.6) is 0 Å². The molecule has 5 rings (SSSR count). The van der Waals surface area contributed by atoms with Gasteiger partial charge in [-0.05, 0) is 79.2 Å². The molecule has 0 fully saturated rings. The summed E-state index contributed by atoms with van der Waals surface area (Å²) in [4.78, 5) is 16.5. The van der Waals surface area contributed by atoms with Crippen molar-refractivity contribution in [3.63, 3.8) is 0 Å². The normalized spacial score (nSPS) is 9.91. The number of aromatic amines is 1. The molecule has 0 aliphatic carbocycles. The maximum absolute atomic E-state index is 5.85. The summed E-state index contributed by atoms with van der Waals surface area (Å²) in [6.07, 6.45) is 3.52. The molecule has 3 heterocycles. The van der Waals surface area contributed by atoms with Crippen molar-refractivity contribution in [1.82, 2.24) is 19.9 Å². The summed E-state index contributed by atoms with van der Waals surface area (Å²) in [5, 5.41) is 6.65. The second-order valence-electron chi connectivity index (χ2n) is 7.34. The van der Waals surface area contributed by atoms with E-state index in [0.29, 0.717) is 11.6 Å². The first-order chi connectivity index (χ1) is 15.1. The zero-order valence-electron chi connectivity index (χ0n) is 18.1. The topological polar surface area (TPSA) is 105 Å². The van der Waals surface area contributed by atoms with Crippen LogP contribution >= 0.6 is 37.2 Å². The molecular formula is C24H24Cl3N7. The molecule has 0 unspecified atom stereocenters. The number of imidazole rings is 1. The van der Waals surface area contributed by atoms with E-state index in [9.17, 15) is 0 Å². The van der Waals surface area contributed by atoms with E-state index in [1.807, 2.05) is 73.7 Å². The lowest BCUT2D eigenvalue weighted by Gasteiger charge is -2.07. The van der Waals surface area contributed by atoms with E-state index < -0.39 is 0 Å². The van der Waals surface area contributed by atoms with E-state index >= 15 is 0 Å². The highest BCUT2D eigenvalue weighted by Crippen LogP contribution is 2.26. The van der Waals surface area contributed by atoms with Gasteiger partial charge in [0.05, 0.1) is 11.0 Å². The van der Waals surface area contributed by atoms with Crippen molar-refractivity contribution in [2.45, 2.75) is 6.92 Å². The number of nitrogens with one attached hydrogen (secondary N) is 3. The number of halogens is 3. The summed E-state index contributed by atoms with van der Waals surface area (Å²) in [6.45, 7) is 1.99. The number of nitrogen functional groups attached to an aromatic ring is 1. The van der Waals surface area contributed by atoms with Crippen LogP contribution in [0.2, 0.25) is 0 Å². The fourth-order valence-electron chi connectivity index (χ4n) is 3.44. The number of H-pyrrole nitrogens is 1. The minimum Gasteiger partial charge on any atom is -0.384 e. The smallest absolute Gasteiger partial charge is 0.138 e. The monoisotopic (exact) mass is 515 g/mol. The fourth-order valence-corrected chi connectivity index (χ4v) is 3.44. The van der Waals surface area contributed by atoms with Crippen molar-refractivity contribution in [2.75, 3.05) is 16.4 Å². The number of benzene rings is 2. The molecule has 0 saturated carbocycles. The molecule has 10 heteroatoms. The Hall–Kier alpha value is -3.52. The van der Waals surface area contributed by atoms with Crippen LogP contribution in [0.25, 0.3) is 22.4 Å². The highest BCUT2D eigenvalue weighted by atomic mass is 35.5. The molecule has 34 heavy (non-hydrogen) atoms. The SMILES string of the molecule is Cc1cc(N)nc(Nc2ccc3[nH]c(-c4ccc(Nc5ccncc5)cc4)nc3c2)c1.Cl.Cl.Cl. The van der Waals surface area contributed by atoms with Crippen LogP contribution in [-0.4, -0.2) is 19.9 Å². The van der Waals surface area contributed by atoms with Crippen LogP contribution in [0.1, 0.15) is 5.56 Å². The Balaban J connectivity index is 0.00000136. The molecule has 0 bridgehead atoms. The first kappa shape index (κ1) is 26.7. The predicted molar refractivity (Wildman–Crippen MR) is 147 cm³/mol. The number of hydrogen-bond acceptors (Lipinski definition) is 6. The third kappa shape index (κ3) is 6.08. The third-order valence-electron chi connectivity index (χ3n) is 4.87. The van der Waals surface area contributed by atoms with Crippen molar-refractivity contribution in [1.29, 1.82) is 0 Å². The molecule has 0 radical (unpaired) electrons. The van der Waals surface area contributed by atoms with E-state index in [-0.39, 0.29) is 37.2 Å². The molecule has 0 aliphatic heterocycles. The van der Waals surface area contributed by atoms with Crippen LogP contribution in [0.4, 0.5) is 28.7 Å². The van der Waals surface area contributed by atoms with Gasteiger partial charge < -0.3 is 21.4 Å². The van der Waals surface area contributed by atoms with E-state index in [4.69, 9.17) is 10.7 Å². The zero-order chi connectivity index (χ0) is 21.2. The van der Waals surface area contributed by atoms with Crippen molar-refractivity contribution in [3.8, 4) is 11.4 Å². The molecule has 0 aliphatic rings. The summed E-state index contributed by atoms with van der Waals surface area (Å²) in [6, 6.07) is 21.8. The number of nitrogens with two attached hydrogens (primary N) is 1. The number of hydrogen-bond donors (Lipinski definition) is 4. The van der Waals surface area contributed by atoms with Gasteiger partial charge in [-0.3, -0.25) is 4.98 Å². The minimum absolute atomic E-state index is 0. The lowest BCUT2D eigenvalue weighted by molar-refractivity contribution is 1.28. The second kappa shape index (κ2) is 11.6. The number of anilines is 5. The molecule has 0 amide bonds. The number of fused-ring (bicyclic) bond motifs is 1. The molecule has 0 spiro atoms. The Kier molecular flexibility index (Phi) is 9.09. The van der Waals surface area contributed by atoms with Crippen molar-refractivity contribution in [3.05, 3.63) is 84.7 Å². The second-order valence-corrected chi connectivity index (χ2v) is 7.34. The molecule has 3 aromatic heterocycles. The van der Waals surface area contributed by atoms with Crippen molar-refractivity contribution in [2.24, 2.45) is 0 Å². The number of aryl methyl sites for hydroxylation is 1. The third-order valence-corrected chi connectivity index (χ3v) is 4.87. The summed E-state index contributed by atoms with van der Waals surface area (Å²) in [5.74, 6) is 2.03. The minimum atomic E-state index is 0. The molecule has 0 atom stereocenters. The average Bonchev–Trinajstić information content (AvgIpc) is 3.18. The summed E-state index contributed by atoms with van der Waals surface area (Å²) in [5.41, 5.74) is 12.7. The maximum Gasteiger partial charge on any atom is 0.138 e. The van der Waals surface area contributed by atoms with Gasteiger partial charge in [-0.15, -0.1) is 37.2 Å². The first-order valence-corrected chi connectivity index (χ1v) is 9.91. The highest BCUT2D eigenvalue weighted by Gasteiger charge is 2.07. The Morgan fingerprint density at radius 2 is 1.41 bits per heavy atom. The van der Waals surface area contributed by atoms with Crippen LogP contribution in [-0.2, 0) is 0 Å². The Labute approximate surface area is 215 Å². The largest absolute Gasteiger partial charge is 0.384 e. The van der Waals surface area contributed by atoms with E-state index in [0.717, 1.165) is 45.0 Å². The number of pyridine rings is 2. The van der Waals surface area contributed by atoms with Gasteiger partial charge in [0.25, 0.3) is 0 Å². The molecule has 7 nitrogen and oxygen atoms in total. The van der Waals surface area contributed by atoms with Gasteiger partial charge in [-0.25, -0.2) is 9.97 Å². The standard InChI is InChI=1S/C24H21N7.3ClH/c1-15-12-22(25)31-23(13-15)28-19-6-7-20-21(14-19)30-24(29-20)16-2-4-17(5-3-16)27-18-8-10-26-11-9-18;;;/h2-14H,1H3,(H,26,27)(H,29,30)(H3,25,28,31);3*1H. The molecular weight excluding hydrogens is 493 g/mol. The predicted octanol–water partition coefficient (Wildman–Crippen LogP) is 6.66. The van der Waals surface area contributed by atoms with Gasteiger partial charge in [0.2, 0.25) is 0 Å². The fraction of sp³-hybridized carbons (Fsp3) is 0.0417. The Morgan fingerprint density at radius 3 is 2.12 bits per heavy atom. The Bertz CT molecular complexity index is 1340. The van der Waals surface area contributed by atoms with E-state index in [1.54, 1.807) is 12.4 Å². The Morgan fingerprint density at radius 1 is 0.735 bits per heavy atom. The van der Waals surface area contributed by atoms with Crippen LogP contribution < -0.4 is 16.4 Å². The molecule has 2 aromatic carbocycles. The molecule has 5 aromatic rings. The van der Waals surface area contributed by atoms with Gasteiger partial charge in [0.15, 0.2) is 0 Å². The summed E-state index contributed by atoms with van der Waals surface area (Å²) in [7, 11) is 0. The lowest BCUT2D eigenvalue weighted by Crippen LogP contribution is -1.98. The van der Waals surface area contributed by atoms with Gasteiger partial charge in [0, 0.05) is 35.0 Å². The van der Waals surface area contributed by atoms with Crippen LogP contribution in [0, 0.1) is 6.92 Å². The lowest BCUT2D eigenvalue weighted by atomic mass is 10.2. The van der Waals surface area contributed by atoms with E-state index in [1.165, 1.54) is 0 Å². The first-order valence-electron chi connectivity index (χ1n) is 9.91. The summed E-state index contributed by atoms with van der Waals surface area (Å²) < 4.78 is 0. The van der Waals surface area contributed by atoms with Gasteiger partial charge in [-0.2, -0.15) is 0 Å². The average molecular weight is 517 g/mol. The van der Waals surface area contributed by atoms with Crippen molar-refractivity contribution < 1.29 is 0 Å². The quantitative estimate of drug-likeness (QED) is 0.208. The van der Waals surface area contributed by atoms with Gasteiger partial charge in [-0.1, -0.05) is 0 Å². The highest BCUT2D eigenvalue weighted by molar-refractivity contribution is 5.86. The van der Waals surface area contributed by atoms with Crippen molar-refractivity contribution >= 4 is 77.0 Å².